The molecule has 2 aliphatic heterocycles. The Kier molecular flexibility index (Phi) is 4.52. The third-order valence-corrected chi connectivity index (χ3v) is 5.35. The van der Waals surface area contributed by atoms with Crippen molar-refractivity contribution >= 4 is 5.82 Å². The van der Waals surface area contributed by atoms with Gasteiger partial charge in [0.05, 0.1) is 6.20 Å². The van der Waals surface area contributed by atoms with Gasteiger partial charge in [-0.1, -0.05) is 6.07 Å². The number of aromatic nitrogens is 3. The molecule has 2 unspecified atom stereocenters. The molecule has 4 rings (SSSR count). The number of anilines is 1. The molecule has 0 bridgehead atoms. The van der Waals surface area contributed by atoms with Crippen LogP contribution < -0.4 is 4.90 Å². The van der Waals surface area contributed by atoms with Crippen molar-refractivity contribution in [1.29, 1.82) is 0 Å². The van der Waals surface area contributed by atoms with Gasteiger partial charge in [-0.05, 0) is 36.9 Å². The van der Waals surface area contributed by atoms with E-state index >= 15 is 0 Å². The Labute approximate surface area is 149 Å². The number of halogens is 3. The largest absolute Gasteiger partial charge is 0.433 e. The predicted octanol–water partition coefficient (Wildman–Crippen LogP) is 2.99. The first-order valence-electron chi connectivity index (χ1n) is 8.78. The van der Waals surface area contributed by atoms with E-state index in [2.05, 4.69) is 24.8 Å². The van der Waals surface area contributed by atoms with E-state index in [1.165, 1.54) is 12.3 Å². The van der Waals surface area contributed by atoms with Crippen LogP contribution in [-0.2, 0) is 12.7 Å². The molecule has 2 aliphatic rings. The molecule has 5 nitrogen and oxygen atoms in total. The van der Waals surface area contributed by atoms with Crippen molar-refractivity contribution in [2.75, 3.05) is 24.5 Å². The number of hydrogen-bond donors (Lipinski definition) is 0. The van der Waals surface area contributed by atoms with Crippen LogP contribution in [0, 0.1) is 5.92 Å². The maximum absolute atomic E-state index is 12.7. The zero-order chi connectivity index (χ0) is 18.1. The van der Waals surface area contributed by atoms with Crippen molar-refractivity contribution in [2.24, 2.45) is 5.92 Å². The van der Waals surface area contributed by atoms with E-state index in [0.717, 1.165) is 49.9 Å². The fraction of sp³-hybridized carbons (Fsp3) is 0.500. The second-order valence-electron chi connectivity index (χ2n) is 6.93. The standard InChI is InChI=1S/C18H20F3N5/c19-18(20,21)16-2-1-13(9-24-16)11-25-7-3-14-4-8-26(12-15(14)25)17-10-22-5-6-23-17/h1-2,5-6,9-10,14-15H,3-4,7-8,11-12H2. The highest BCUT2D eigenvalue weighted by Crippen LogP contribution is 2.34. The Morgan fingerprint density at radius 1 is 1.04 bits per heavy atom. The smallest absolute Gasteiger partial charge is 0.354 e. The van der Waals surface area contributed by atoms with Crippen molar-refractivity contribution < 1.29 is 13.2 Å². The van der Waals surface area contributed by atoms with Crippen molar-refractivity contribution in [3.63, 3.8) is 0 Å². The number of alkyl halides is 3. The third kappa shape index (κ3) is 3.51. The molecule has 0 spiro atoms. The number of fused-ring (bicyclic) bond motifs is 1. The van der Waals surface area contributed by atoms with Gasteiger partial charge in [0.25, 0.3) is 0 Å². The lowest BCUT2D eigenvalue weighted by Crippen LogP contribution is -2.48. The molecule has 0 aliphatic carbocycles. The topological polar surface area (TPSA) is 45.2 Å². The highest BCUT2D eigenvalue weighted by atomic mass is 19.4. The zero-order valence-electron chi connectivity index (χ0n) is 14.2. The van der Waals surface area contributed by atoms with Crippen LogP contribution in [0.4, 0.5) is 19.0 Å². The summed E-state index contributed by atoms with van der Waals surface area (Å²) in [6, 6.07) is 2.98. The maximum atomic E-state index is 12.7. The second-order valence-corrected chi connectivity index (χ2v) is 6.93. The van der Waals surface area contributed by atoms with Gasteiger partial charge in [-0.15, -0.1) is 0 Å². The summed E-state index contributed by atoms with van der Waals surface area (Å²) >= 11 is 0. The molecule has 0 saturated carbocycles. The number of hydrogen-bond acceptors (Lipinski definition) is 5. The Hall–Kier alpha value is -2.22. The molecule has 2 fully saturated rings. The van der Waals surface area contributed by atoms with E-state index in [0.29, 0.717) is 18.5 Å². The Balaban J connectivity index is 1.44. The summed E-state index contributed by atoms with van der Waals surface area (Å²) in [5.41, 5.74) is -0.0256. The lowest BCUT2D eigenvalue weighted by atomic mass is 9.92. The monoisotopic (exact) mass is 363 g/mol. The second kappa shape index (κ2) is 6.83. The first-order chi connectivity index (χ1) is 12.5. The summed E-state index contributed by atoms with van der Waals surface area (Å²) < 4.78 is 38.0. The summed E-state index contributed by atoms with van der Waals surface area (Å²) in [4.78, 5) is 16.7. The van der Waals surface area contributed by atoms with Crippen molar-refractivity contribution in [3.05, 3.63) is 48.2 Å². The molecule has 26 heavy (non-hydrogen) atoms. The highest BCUT2D eigenvalue weighted by molar-refractivity contribution is 5.36. The average molecular weight is 363 g/mol. The number of piperidine rings is 1. The van der Waals surface area contributed by atoms with Crippen LogP contribution in [0.15, 0.2) is 36.9 Å². The molecule has 0 amide bonds. The van der Waals surface area contributed by atoms with Crippen LogP contribution in [0.2, 0.25) is 0 Å². The molecular weight excluding hydrogens is 343 g/mol. The predicted molar refractivity (Wildman–Crippen MR) is 90.4 cm³/mol. The summed E-state index contributed by atoms with van der Waals surface area (Å²) in [6.07, 6.45) is 4.32. The van der Waals surface area contributed by atoms with Gasteiger partial charge in [0.2, 0.25) is 0 Å². The van der Waals surface area contributed by atoms with Gasteiger partial charge in [-0.25, -0.2) is 4.98 Å². The SMILES string of the molecule is FC(F)(F)c1ccc(CN2CCC3CCN(c4cnccn4)CC32)cn1. The zero-order valence-corrected chi connectivity index (χ0v) is 14.2. The van der Waals surface area contributed by atoms with Gasteiger partial charge in [-0.2, -0.15) is 13.2 Å². The quantitative estimate of drug-likeness (QED) is 0.839. The third-order valence-electron chi connectivity index (χ3n) is 5.35. The van der Waals surface area contributed by atoms with E-state index < -0.39 is 11.9 Å². The Morgan fingerprint density at radius 3 is 2.58 bits per heavy atom. The Bertz CT molecular complexity index is 735. The van der Waals surface area contributed by atoms with Crippen LogP contribution >= 0.6 is 0 Å². The minimum absolute atomic E-state index is 0.382. The first-order valence-corrected chi connectivity index (χ1v) is 8.78. The lowest BCUT2D eigenvalue weighted by Gasteiger charge is -2.39. The van der Waals surface area contributed by atoms with Crippen molar-refractivity contribution in [2.45, 2.75) is 31.6 Å². The van der Waals surface area contributed by atoms with E-state index in [1.807, 2.05) is 0 Å². The summed E-state index contributed by atoms with van der Waals surface area (Å²) in [7, 11) is 0. The summed E-state index contributed by atoms with van der Waals surface area (Å²) in [5, 5.41) is 0. The van der Waals surface area contributed by atoms with E-state index in [-0.39, 0.29) is 0 Å². The van der Waals surface area contributed by atoms with Gasteiger partial charge in [0.15, 0.2) is 0 Å². The normalized spacial score (nSPS) is 23.9. The first kappa shape index (κ1) is 17.2. The fourth-order valence-electron chi connectivity index (χ4n) is 4.01. The van der Waals surface area contributed by atoms with Gasteiger partial charge >= 0.3 is 6.18 Å². The van der Waals surface area contributed by atoms with Crippen LogP contribution in [0.25, 0.3) is 0 Å². The van der Waals surface area contributed by atoms with Gasteiger partial charge in [0, 0.05) is 44.3 Å². The van der Waals surface area contributed by atoms with Crippen LogP contribution in [0.5, 0.6) is 0 Å². The summed E-state index contributed by atoms with van der Waals surface area (Å²) in [5.74, 6) is 1.51. The minimum atomic E-state index is -4.39. The molecule has 8 heteroatoms. The Morgan fingerprint density at radius 2 is 1.88 bits per heavy atom. The molecule has 2 aromatic rings. The van der Waals surface area contributed by atoms with E-state index in [4.69, 9.17) is 0 Å². The summed E-state index contributed by atoms with van der Waals surface area (Å²) in [6.45, 7) is 3.43. The highest BCUT2D eigenvalue weighted by Gasteiger charge is 2.38. The van der Waals surface area contributed by atoms with Crippen molar-refractivity contribution in [3.8, 4) is 0 Å². The van der Waals surface area contributed by atoms with Crippen molar-refractivity contribution in [1.82, 2.24) is 19.9 Å². The molecule has 0 radical (unpaired) electrons. The molecule has 138 valence electrons. The number of likely N-dealkylation sites (tertiary alicyclic amines) is 1. The number of nitrogens with zero attached hydrogens (tertiary/aromatic N) is 5. The number of pyridine rings is 1. The molecule has 2 saturated heterocycles. The number of rotatable bonds is 3. The van der Waals surface area contributed by atoms with Crippen LogP contribution in [-0.4, -0.2) is 45.5 Å². The van der Waals surface area contributed by atoms with E-state index in [1.54, 1.807) is 18.6 Å². The minimum Gasteiger partial charge on any atom is -0.354 e. The maximum Gasteiger partial charge on any atom is 0.433 e. The lowest BCUT2D eigenvalue weighted by molar-refractivity contribution is -0.141. The van der Waals surface area contributed by atoms with Crippen LogP contribution in [0.1, 0.15) is 24.1 Å². The van der Waals surface area contributed by atoms with Crippen LogP contribution in [0.3, 0.4) is 0 Å². The average Bonchev–Trinajstić information content (AvgIpc) is 3.04. The van der Waals surface area contributed by atoms with Gasteiger partial charge in [-0.3, -0.25) is 14.9 Å². The molecule has 4 heterocycles. The van der Waals surface area contributed by atoms with Gasteiger partial charge in [0.1, 0.15) is 11.5 Å². The molecule has 2 aromatic heterocycles. The molecule has 2 atom stereocenters. The fourth-order valence-corrected chi connectivity index (χ4v) is 4.01. The van der Waals surface area contributed by atoms with Gasteiger partial charge < -0.3 is 4.90 Å². The molecule has 0 aromatic carbocycles. The molecule has 0 N–H and O–H groups in total. The molecular formula is C18H20F3N5. The van der Waals surface area contributed by atoms with E-state index in [9.17, 15) is 13.2 Å².